The Balaban J connectivity index is 1.59. The highest BCUT2D eigenvalue weighted by Crippen LogP contribution is 2.45. The molecule has 0 bridgehead atoms. The van der Waals surface area contributed by atoms with E-state index in [1.54, 1.807) is 4.57 Å². The highest BCUT2D eigenvalue weighted by atomic mass is 32.2. The number of furan rings is 1. The van der Waals surface area contributed by atoms with Crippen LogP contribution in [0.25, 0.3) is 22.5 Å². The molecule has 5 rings (SSSR count). The Hall–Kier alpha value is -3.29. The fourth-order valence-electron chi connectivity index (χ4n) is 3.43. The predicted molar refractivity (Wildman–Crippen MR) is 122 cm³/mol. The molecule has 172 valence electrons. The lowest BCUT2D eigenvalue weighted by Crippen LogP contribution is -2.26. The number of ether oxygens (including phenoxy) is 2. The summed E-state index contributed by atoms with van der Waals surface area (Å²) in [7, 11) is -3.35. The van der Waals surface area contributed by atoms with Crippen LogP contribution in [0.1, 0.15) is 5.76 Å². The molecule has 0 saturated heterocycles. The molecule has 4 heterocycles. The van der Waals surface area contributed by atoms with Gasteiger partial charge in [-0.15, -0.1) is 0 Å². The van der Waals surface area contributed by atoms with Gasteiger partial charge in [-0.2, -0.15) is 0 Å². The molecular weight excluding hydrogens is 468 g/mol. The lowest BCUT2D eigenvalue weighted by atomic mass is 10.1. The maximum absolute atomic E-state index is 11.5. The highest BCUT2D eigenvalue weighted by Gasteiger charge is 2.23. The third-order valence-corrected chi connectivity index (χ3v) is 6.69. The van der Waals surface area contributed by atoms with Gasteiger partial charge >= 0.3 is 0 Å². The fourth-order valence-corrected chi connectivity index (χ4v) is 4.95. The topological polar surface area (TPSA) is 147 Å². The van der Waals surface area contributed by atoms with Crippen LogP contribution in [0.4, 0.5) is 5.82 Å². The van der Waals surface area contributed by atoms with Gasteiger partial charge in [-0.1, -0.05) is 11.8 Å². The summed E-state index contributed by atoms with van der Waals surface area (Å²) in [6.45, 7) is 2.47. The maximum atomic E-state index is 11.5. The van der Waals surface area contributed by atoms with E-state index in [1.807, 2.05) is 31.2 Å². The van der Waals surface area contributed by atoms with Gasteiger partial charge < -0.3 is 24.2 Å². The van der Waals surface area contributed by atoms with Gasteiger partial charge in [0.1, 0.15) is 17.8 Å². The Morgan fingerprint density at radius 2 is 2.00 bits per heavy atom. The van der Waals surface area contributed by atoms with Crippen LogP contribution in [0.5, 0.6) is 11.5 Å². The summed E-state index contributed by atoms with van der Waals surface area (Å²) in [6.07, 6.45) is 2.46. The van der Waals surface area contributed by atoms with Crippen LogP contribution in [0, 0.1) is 6.92 Å². The van der Waals surface area contributed by atoms with Gasteiger partial charge in [-0.25, -0.2) is 28.1 Å². The maximum Gasteiger partial charge on any atom is 0.231 e. The van der Waals surface area contributed by atoms with Gasteiger partial charge in [0.2, 0.25) is 16.8 Å². The molecule has 11 nitrogen and oxygen atoms in total. The molecule has 0 saturated carbocycles. The van der Waals surface area contributed by atoms with Crippen molar-refractivity contribution in [1.82, 2.24) is 24.2 Å². The average Bonchev–Trinajstić information content (AvgIpc) is 3.46. The molecule has 0 amide bonds. The molecule has 0 spiro atoms. The normalized spacial score (nSPS) is 13.2. The molecule has 4 aromatic rings. The monoisotopic (exact) mass is 488 g/mol. The molecule has 0 unspecified atom stereocenters. The minimum atomic E-state index is -3.35. The summed E-state index contributed by atoms with van der Waals surface area (Å²) in [5.74, 6) is 2.94. The zero-order valence-corrected chi connectivity index (χ0v) is 19.4. The lowest BCUT2D eigenvalue weighted by Gasteiger charge is -2.11. The van der Waals surface area contributed by atoms with Crippen molar-refractivity contribution < 1.29 is 22.3 Å². The molecule has 0 aliphatic carbocycles. The number of rotatable bonds is 7. The van der Waals surface area contributed by atoms with E-state index in [1.165, 1.54) is 18.1 Å². The summed E-state index contributed by atoms with van der Waals surface area (Å²) in [6, 6.07) is 7.51. The predicted octanol–water partition coefficient (Wildman–Crippen LogP) is 2.41. The number of imidazole rings is 1. The van der Waals surface area contributed by atoms with E-state index in [2.05, 4.69) is 19.7 Å². The molecule has 13 heteroatoms. The molecule has 3 N–H and O–H groups in total. The largest absolute Gasteiger partial charge is 0.461 e. The average molecular weight is 489 g/mol. The van der Waals surface area contributed by atoms with E-state index in [0.29, 0.717) is 40.1 Å². The zero-order chi connectivity index (χ0) is 23.2. The SMILES string of the molecule is Cc1ccc(-c2cc3c(cc2Sc2nc4c(N)ncnc4n2CCNS(C)(=O)=O)OCO3)o1. The molecule has 1 aromatic carbocycles. The second-order valence-corrected chi connectivity index (χ2v) is 10.2. The first-order valence-electron chi connectivity index (χ1n) is 9.88. The van der Waals surface area contributed by atoms with Crippen LogP contribution in [0.15, 0.2) is 45.1 Å². The Morgan fingerprint density at radius 3 is 2.73 bits per heavy atom. The number of nitrogens with zero attached hydrogens (tertiary/aromatic N) is 4. The number of hydrogen-bond donors (Lipinski definition) is 2. The van der Waals surface area contributed by atoms with Crippen LogP contribution in [-0.2, 0) is 16.6 Å². The molecule has 0 atom stereocenters. The van der Waals surface area contributed by atoms with Crippen LogP contribution < -0.4 is 19.9 Å². The first kappa shape index (κ1) is 21.6. The zero-order valence-electron chi connectivity index (χ0n) is 17.7. The molecule has 1 aliphatic heterocycles. The number of aromatic nitrogens is 4. The second kappa shape index (κ2) is 8.24. The van der Waals surface area contributed by atoms with Crippen molar-refractivity contribution >= 4 is 38.8 Å². The summed E-state index contributed by atoms with van der Waals surface area (Å²) in [5.41, 5.74) is 7.79. The number of fused-ring (bicyclic) bond motifs is 2. The summed E-state index contributed by atoms with van der Waals surface area (Å²) in [4.78, 5) is 13.8. The third kappa shape index (κ3) is 4.34. The van der Waals surface area contributed by atoms with Crippen molar-refractivity contribution in [2.75, 3.05) is 25.3 Å². The van der Waals surface area contributed by atoms with Crippen molar-refractivity contribution in [3.63, 3.8) is 0 Å². The van der Waals surface area contributed by atoms with Crippen molar-refractivity contribution in [3.8, 4) is 22.8 Å². The van der Waals surface area contributed by atoms with Gasteiger partial charge in [0, 0.05) is 23.5 Å². The summed E-state index contributed by atoms with van der Waals surface area (Å²) in [5, 5.41) is 0.566. The minimum Gasteiger partial charge on any atom is -0.461 e. The van der Waals surface area contributed by atoms with Crippen molar-refractivity contribution in [3.05, 3.63) is 36.4 Å². The number of nitrogens with two attached hydrogens (primary N) is 1. The molecular formula is C20H20N6O5S2. The van der Waals surface area contributed by atoms with Gasteiger partial charge in [0.15, 0.2) is 33.6 Å². The minimum absolute atomic E-state index is 0.141. The molecule has 0 fully saturated rings. The number of hydrogen-bond acceptors (Lipinski definition) is 10. The number of aryl methyl sites for hydroxylation is 1. The van der Waals surface area contributed by atoms with E-state index in [-0.39, 0.29) is 19.2 Å². The molecule has 33 heavy (non-hydrogen) atoms. The van der Waals surface area contributed by atoms with Crippen molar-refractivity contribution in [2.24, 2.45) is 0 Å². The first-order valence-corrected chi connectivity index (χ1v) is 12.6. The highest BCUT2D eigenvalue weighted by molar-refractivity contribution is 7.99. The third-order valence-electron chi connectivity index (χ3n) is 4.91. The lowest BCUT2D eigenvalue weighted by molar-refractivity contribution is 0.174. The van der Waals surface area contributed by atoms with Crippen LogP contribution in [-0.4, -0.2) is 47.5 Å². The van der Waals surface area contributed by atoms with E-state index in [0.717, 1.165) is 22.5 Å². The van der Waals surface area contributed by atoms with E-state index in [4.69, 9.17) is 19.6 Å². The van der Waals surface area contributed by atoms with Crippen LogP contribution in [0.2, 0.25) is 0 Å². The smallest absolute Gasteiger partial charge is 0.231 e. The first-order chi connectivity index (χ1) is 15.8. The Bertz CT molecular complexity index is 1460. The number of anilines is 1. The molecule has 3 aromatic heterocycles. The quantitative estimate of drug-likeness (QED) is 0.397. The molecule has 0 radical (unpaired) electrons. The summed E-state index contributed by atoms with van der Waals surface area (Å²) < 4.78 is 44.4. The number of nitrogens with one attached hydrogen (secondary N) is 1. The Morgan fingerprint density at radius 1 is 1.21 bits per heavy atom. The fraction of sp³-hybridized carbons (Fsp3) is 0.250. The second-order valence-electron chi connectivity index (χ2n) is 7.36. The van der Waals surface area contributed by atoms with Crippen LogP contribution >= 0.6 is 11.8 Å². The van der Waals surface area contributed by atoms with E-state index in [9.17, 15) is 8.42 Å². The number of nitrogen functional groups attached to an aromatic ring is 1. The van der Waals surface area contributed by atoms with Gasteiger partial charge in [0.05, 0.1) is 6.26 Å². The van der Waals surface area contributed by atoms with Gasteiger partial charge in [0.25, 0.3) is 0 Å². The Kier molecular flexibility index (Phi) is 5.38. The number of sulfonamides is 1. The van der Waals surface area contributed by atoms with Crippen molar-refractivity contribution in [1.29, 1.82) is 0 Å². The van der Waals surface area contributed by atoms with E-state index >= 15 is 0 Å². The van der Waals surface area contributed by atoms with Crippen molar-refractivity contribution in [2.45, 2.75) is 23.5 Å². The number of benzene rings is 1. The summed E-state index contributed by atoms with van der Waals surface area (Å²) >= 11 is 1.36. The van der Waals surface area contributed by atoms with Gasteiger partial charge in [-0.05, 0) is 31.2 Å². The van der Waals surface area contributed by atoms with E-state index < -0.39 is 10.0 Å². The molecule has 1 aliphatic rings. The Labute approximate surface area is 193 Å². The van der Waals surface area contributed by atoms with Crippen LogP contribution in [0.3, 0.4) is 0 Å². The standard InChI is InChI=1S/C20H20N6O5S2/c1-11-3-4-13(31-11)12-7-14-15(30-10-29-14)8-16(12)32-20-25-17-18(21)22-9-23-19(17)26(20)6-5-24-33(2,27)28/h3-4,7-9,24H,5-6,10H2,1-2H3,(H2,21,22,23). The van der Waals surface area contributed by atoms with Gasteiger partial charge in [-0.3, -0.25) is 0 Å².